The van der Waals surface area contributed by atoms with Crippen LogP contribution in [0, 0.1) is 6.92 Å². The molecule has 0 aliphatic carbocycles. The molecule has 0 amide bonds. The first-order valence-corrected chi connectivity index (χ1v) is 8.94. The van der Waals surface area contributed by atoms with Gasteiger partial charge in [0.2, 0.25) is 0 Å². The van der Waals surface area contributed by atoms with Crippen LogP contribution in [0.15, 0.2) is 34.3 Å². The molecular formula is C15H23N3O3S. The lowest BCUT2D eigenvalue weighted by Gasteiger charge is -2.08. The Labute approximate surface area is 132 Å². The van der Waals surface area contributed by atoms with Crippen LogP contribution in [0.25, 0.3) is 10.4 Å². The summed E-state index contributed by atoms with van der Waals surface area (Å²) in [7, 11) is -3.65. The number of benzene rings is 1. The van der Waals surface area contributed by atoms with Gasteiger partial charge in [0, 0.05) is 11.5 Å². The fraction of sp³-hybridized carbons (Fsp3) is 0.600. The maximum Gasteiger partial charge on any atom is 0.297 e. The minimum absolute atomic E-state index is 0.218. The van der Waals surface area contributed by atoms with Crippen molar-refractivity contribution in [1.82, 2.24) is 0 Å². The molecule has 0 saturated heterocycles. The van der Waals surface area contributed by atoms with Crippen LogP contribution in [0.5, 0.6) is 0 Å². The largest absolute Gasteiger partial charge is 0.297 e. The van der Waals surface area contributed by atoms with Crippen molar-refractivity contribution in [1.29, 1.82) is 0 Å². The zero-order valence-corrected chi connectivity index (χ0v) is 13.8. The molecule has 0 aromatic heterocycles. The Morgan fingerprint density at radius 1 is 1.09 bits per heavy atom. The van der Waals surface area contributed by atoms with Gasteiger partial charge in [-0.15, -0.1) is 0 Å². The third kappa shape index (κ3) is 6.93. The molecule has 0 atom stereocenters. The van der Waals surface area contributed by atoms with Gasteiger partial charge >= 0.3 is 0 Å². The van der Waals surface area contributed by atoms with Gasteiger partial charge in [0.15, 0.2) is 0 Å². The van der Waals surface area contributed by atoms with Crippen LogP contribution in [0.1, 0.15) is 44.1 Å². The third-order valence-electron chi connectivity index (χ3n) is 3.32. The molecule has 1 aromatic carbocycles. The summed E-state index contributed by atoms with van der Waals surface area (Å²) in [6, 6.07) is 6.82. The highest BCUT2D eigenvalue weighted by Crippen LogP contribution is 2.17. The first kappa shape index (κ1) is 18.5. The summed E-state index contributed by atoms with van der Waals surface area (Å²) >= 11 is 0. The fourth-order valence-corrected chi connectivity index (χ4v) is 3.28. The zero-order chi connectivity index (χ0) is 16.3. The Bertz CT molecular complexity index is 596. The van der Waals surface area contributed by atoms with E-state index in [-0.39, 0.29) is 11.5 Å². The maximum atomic E-state index is 12.0. The van der Waals surface area contributed by atoms with E-state index < -0.39 is 10.1 Å². The van der Waals surface area contributed by atoms with Crippen molar-refractivity contribution in [3.8, 4) is 0 Å². The van der Waals surface area contributed by atoms with E-state index in [0.29, 0.717) is 12.1 Å². The maximum absolute atomic E-state index is 12.0. The summed E-state index contributed by atoms with van der Waals surface area (Å²) in [5.74, 6) is 0. The van der Waals surface area contributed by atoms with Crippen LogP contribution < -0.4 is 0 Å². The topological polar surface area (TPSA) is 92.1 Å². The molecule has 0 spiro atoms. The monoisotopic (exact) mass is 325 g/mol. The Hall–Kier alpha value is -1.56. The molecule has 6 nitrogen and oxygen atoms in total. The van der Waals surface area contributed by atoms with E-state index in [1.165, 1.54) is 0 Å². The number of unbranched alkanes of at least 4 members (excludes halogenated alkanes) is 5. The summed E-state index contributed by atoms with van der Waals surface area (Å²) < 4.78 is 29.1. The molecule has 0 bridgehead atoms. The van der Waals surface area contributed by atoms with E-state index in [1.54, 1.807) is 31.2 Å². The molecule has 0 radical (unpaired) electrons. The summed E-state index contributed by atoms with van der Waals surface area (Å²) in [4.78, 5) is 2.94. The van der Waals surface area contributed by atoms with E-state index >= 15 is 0 Å². The Balaban J connectivity index is 2.17. The lowest BCUT2D eigenvalue weighted by Crippen LogP contribution is -2.09. The second kappa shape index (κ2) is 10.2. The fourth-order valence-electron chi connectivity index (χ4n) is 2.11. The lowest BCUT2D eigenvalue weighted by atomic mass is 10.1. The van der Waals surface area contributed by atoms with Gasteiger partial charge in [0.25, 0.3) is 10.1 Å². The first-order chi connectivity index (χ1) is 10.6. The average Bonchev–Trinajstić information content (AvgIpc) is 2.49. The normalized spacial score (nSPS) is 11.1. The molecule has 0 aliphatic rings. The molecule has 7 heteroatoms. The number of nitrogens with zero attached hydrogens (tertiary/aromatic N) is 3. The van der Waals surface area contributed by atoms with Crippen molar-refractivity contribution in [3.05, 3.63) is 40.3 Å². The molecule has 0 N–H and O–H groups in total. The summed E-state index contributed by atoms with van der Waals surface area (Å²) in [6.07, 6.45) is 5.69. The van der Waals surface area contributed by atoms with Gasteiger partial charge in [0.1, 0.15) is 0 Å². The Morgan fingerprint density at radius 3 is 2.41 bits per heavy atom. The quantitative estimate of drug-likeness (QED) is 0.199. The van der Waals surface area contributed by atoms with E-state index in [2.05, 4.69) is 10.0 Å². The van der Waals surface area contributed by atoms with Gasteiger partial charge in [-0.25, -0.2) is 0 Å². The SMILES string of the molecule is Cc1ccccc1S(=O)(=O)OCCCCCCCCN=[N+]=[N-]. The molecule has 122 valence electrons. The predicted molar refractivity (Wildman–Crippen MR) is 86.0 cm³/mol. The van der Waals surface area contributed by atoms with Gasteiger partial charge in [-0.2, -0.15) is 8.42 Å². The molecule has 22 heavy (non-hydrogen) atoms. The molecule has 1 aromatic rings. The van der Waals surface area contributed by atoms with Gasteiger partial charge in [-0.3, -0.25) is 4.18 Å². The number of aryl methyl sites for hydroxylation is 1. The third-order valence-corrected chi connectivity index (χ3v) is 4.79. The van der Waals surface area contributed by atoms with Gasteiger partial charge in [-0.1, -0.05) is 49.0 Å². The molecule has 0 saturated carbocycles. The lowest BCUT2D eigenvalue weighted by molar-refractivity contribution is 0.306. The minimum Gasteiger partial charge on any atom is -0.266 e. The van der Waals surface area contributed by atoms with Crippen molar-refractivity contribution in [2.24, 2.45) is 5.11 Å². The minimum atomic E-state index is -3.65. The molecule has 0 unspecified atom stereocenters. The van der Waals surface area contributed by atoms with Gasteiger partial charge in [0.05, 0.1) is 11.5 Å². The van der Waals surface area contributed by atoms with Crippen molar-refractivity contribution in [2.45, 2.75) is 50.3 Å². The van der Waals surface area contributed by atoms with E-state index in [4.69, 9.17) is 9.71 Å². The number of rotatable bonds is 11. The molecule has 0 heterocycles. The second-order valence-corrected chi connectivity index (χ2v) is 6.70. The van der Waals surface area contributed by atoms with Crippen molar-refractivity contribution in [3.63, 3.8) is 0 Å². The van der Waals surface area contributed by atoms with Gasteiger partial charge in [-0.05, 0) is 36.9 Å². The number of azide groups is 1. The number of hydrogen-bond acceptors (Lipinski definition) is 4. The highest BCUT2D eigenvalue weighted by atomic mass is 32.2. The smallest absolute Gasteiger partial charge is 0.266 e. The van der Waals surface area contributed by atoms with Crippen molar-refractivity contribution in [2.75, 3.05) is 13.2 Å². The van der Waals surface area contributed by atoms with Crippen LogP contribution in [0.3, 0.4) is 0 Å². The Kier molecular flexibility index (Phi) is 8.58. The zero-order valence-electron chi connectivity index (χ0n) is 12.9. The molecule has 0 aliphatic heterocycles. The molecule has 1 rings (SSSR count). The van der Waals surface area contributed by atoms with E-state index in [9.17, 15) is 8.42 Å². The molecular weight excluding hydrogens is 302 g/mol. The molecule has 0 fully saturated rings. The first-order valence-electron chi connectivity index (χ1n) is 7.54. The summed E-state index contributed by atoms with van der Waals surface area (Å²) in [5.41, 5.74) is 8.82. The van der Waals surface area contributed by atoms with E-state index in [1.807, 2.05) is 0 Å². The second-order valence-electron chi connectivity index (χ2n) is 5.12. The highest BCUT2D eigenvalue weighted by molar-refractivity contribution is 7.86. The highest BCUT2D eigenvalue weighted by Gasteiger charge is 2.16. The Morgan fingerprint density at radius 2 is 1.73 bits per heavy atom. The van der Waals surface area contributed by atoms with Crippen LogP contribution >= 0.6 is 0 Å². The van der Waals surface area contributed by atoms with Crippen molar-refractivity contribution < 1.29 is 12.6 Å². The average molecular weight is 325 g/mol. The van der Waals surface area contributed by atoms with Crippen LogP contribution in [0.2, 0.25) is 0 Å². The number of hydrogen-bond donors (Lipinski definition) is 0. The summed E-state index contributed by atoms with van der Waals surface area (Å²) in [5, 5.41) is 3.48. The van der Waals surface area contributed by atoms with Crippen LogP contribution in [-0.4, -0.2) is 21.6 Å². The summed E-state index contributed by atoms with van der Waals surface area (Å²) in [6.45, 7) is 2.52. The van der Waals surface area contributed by atoms with Crippen LogP contribution in [-0.2, 0) is 14.3 Å². The predicted octanol–water partition coefficient (Wildman–Crippen LogP) is 4.35. The van der Waals surface area contributed by atoms with E-state index in [0.717, 1.165) is 38.5 Å². The van der Waals surface area contributed by atoms with Gasteiger partial charge < -0.3 is 0 Å². The standard InChI is InChI=1S/C15H23N3O3S/c1-14-10-6-7-11-15(14)22(19,20)21-13-9-5-3-2-4-8-12-17-18-16/h6-7,10-11H,2-5,8-9,12-13H2,1H3. The van der Waals surface area contributed by atoms with Crippen molar-refractivity contribution >= 4 is 10.1 Å². The van der Waals surface area contributed by atoms with Crippen LogP contribution in [0.4, 0.5) is 0 Å².